The molecule has 4 aromatic heterocycles. The van der Waals surface area contributed by atoms with Gasteiger partial charge in [0.05, 0.1) is 32.4 Å². The van der Waals surface area contributed by atoms with Crippen molar-refractivity contribution in [2.24, 2.45) is 0 Å². The molecule has 1 unspecified atom stereocenters. The predicted octanol–water partition coefficient (Wildman–Crippen LogP) is 5.56. The number of amides is 1. The molecule has 0 radical (unpaired) electrons. The number of rotatable bonds is 8. The fourth-order valence-corrected chi connectivity index (χ4v) is 6.62. The van der Waals surface area contributed by atoms with Gasteiger partial charge in [-0.15, -0.1) is 22.7 Å². The minimum atomic E-state index is -0.991. The molecule has 1 atom stereocenters. The lowest BCUT2D eigenvalue weighted by Gasteiger charge is -2.29. The van der Waals surface area contributed by atoms with Crippen molar-refractivity contribution in [1.82, 2.24) is 29.8 Å². The topological polar surface area (TPSA) is 120 Å². The first-order valence-electron chi connectivity index (χ1n) is 13.9. The predicted molar refractivity (Wildman–Crippen MR) is 164 cm³/mol. The Hall–Kier alpha value is -3.48. The zero-order valence-electron chi connectivity index (χ0n) is 24.1. The van der Waals surface area contributed by atoms with Gasteiger partial charge in [0, 0.05) is 55.2 Å². The molecular formula is C29H36N8O2S2. The Morgan fingerprint density at radius 2 is 1.88 bits per heavy atom. The largest absolute Gasteiger partial charge is 0.386 e. The second-order valence-corrected chi connectivity index (χ2v) is 12.9. The lowest BCUT2D eigenvalue weighted by Crippen LogP contribution is -2.41. The monoisotopic (exact) mass is 592 g/mol. The summed E-state index contributed by atoms with van der Waals surface area (Å²) in [6, 6.07) is 3.78. The third-order valence-electron chi connectivity index (χ3n) is 7.18. The normalized spacial score (nSPS) is 16.1. The molecule has 41 heavy (non-hydrogen) atoms. The van der Waals surface area contributed by atoms with Crippen molar-refractivity contribution in [3.05, 3.63) is 57.9 Å². The highest BCUT2D eigenvalue weighted by Crippen LogP contribution is 2.33. The zero-order chi connectivity index (χ0) is 29.1. The third kappa shape index (κ3) is 6.71. The molecule has 4 aromatic rings. The molecule has 0 bridgehead atoms. The Bertz CT molecular complexity index is 1480. The molecule has 1 saturated heterocycles. The molecule has 1 amide bonds. The Balaban J connectivity index is 1.26. The van der Waals surface area contributed by atoms with Crippen molar-refractivity contribution in [3.8, 4) is 10.6 Å². The first-order valence-corrected chi connectivity index (χ1v) is 15.6. The number of aryl methyl sites for hydroxylation is 2. The van der Waals surface area contributed by atoms with Crippen LogP contribution in [0.2, 0.25) is 0 Å². The van der Waals surface area contributed by atoms with Crippen LogP contribution in [-0.2, 0) is 5.60 Å². The zero-order valence-corrected chi connectivity index (χ0v) is 25.7. The summed E-state index contributed by atoms with van der Waals surface area (Å²) in [6.45, 7) is 11.5. The van der Waals surface area contributed by atoms with Crippen LogP contribution in [0, 0.1) is 13.8 Å². The van der Waals surface area contributed by atoms with Gasteiger partial charge in [-0.05, 0) is 52.7 Å². The van der Waals surface area contributed by atoms with Crippen LogP contribution in [0.3, 0.4) is 0 Å². The summed E-state index contributed by atoms with van der Waals surface area (Å²) in [6.07, 6.45) is 7.73. The third-order valence-corrected chi connectivity index (χ3v) is 9.03. The molecule has 1 aliphatic heterocycles. The van der Waals surface area contributed by atoms with Crippen LogP contribution >= 0.6 is 22.7 Å². The van der Waals surface area contributed by atoms with Crippen molar-refractivity contribution < 1.29 is 9.90 Å². The van der Waals surface area contributed by atoms with Crippen molar-refractivity contribution in [2.45, 2.75) is 65.5 Å². The molecular weight excluding hydrogens is 557 g/mol. The number of anilines is 3. The summed E-state index contributed by atoms with van der Waals surface area (Å²) >= 11 is 3.15. The number of carbonyl (C=O) groups excluding carboxylic acids is 1. The van der Waals surface area contributed by atoms with Gasteiger partial charge in [-0.2, -0.15) is 0 Å². The van der Waals surface area contributed by atoms with Gasteiger partial charge >= 0.3 is 0 Å². The molecule has 10 nitrogen and oxygen atoms in total. The van der Waals surface area contributed by atoms with Gasteiger partial charge in [0.1, 0.15) is 5.82 Å². The van der Waals surface area contributed by atoms with Crippen LogP contribution in [0.15, 0.2) is 36.1 Å². The maximum Gasteiger partial charge on any atom is 0.255 e. The van der Waals surface area contributed by atoms with Gasteiger partial charge in [-0.25, -0.2) is 24.9 Å². The van der Waals surface area contributed by atoms with Crippen molar-refractivity contribution >= 4 is 45.5 Å². The number of nitrogens with zero attached hydrogens (tertiary/aromatic N) is 7. The van der Waals surface area contributed by atoms with Crippen molar-refractivity contribution in [2.75, 3.05) is 29.9 Å². The van der Waals surface area contributed by atoms with E-state index in [2.05, 4.69) is 37.1 Å². The van der Waals surface area contributed by atoms with E-state index in [0.29, 0.717) is 36.0 Å². The van der Waals surface area contributed by atoms with Crippen LogP contribution in [0.4, 0.5) is 16.9 Å². The van der Waals surface area contributed by atoms with E-state index in [-0.39, 0.29) is 11.9 Å². The fourth-order valence-electron chi connectivity index (χ4n) is 4.96. The van der Waals surface area contributed by atoms with Gasteiger partial charge in [-0.1, -0.05) is 13.3 Å². The smallest absolute Gasteiger partial charge is 0.255 e. The summed E-state index contributed by atoms with van der Waals surface area (Å²) < 4.78 is 0. The van der Waals surface area contributed by atoms with E-state index < -0.39 is 5.60 Å². The van der Waals surface area contributed by atoms with Gasteiger partial charge in [0.15, 0.2) is 5.13 Å². The standard InChI is InChI=1S/C29H36N8O2S2/c1-6-7-22-10-11-36(27-31-15-21(16-32-27)29(4,5)39)12-13-37(22)26(38)20-8-9-24(30-14-20)35-28-34-23(17-40-28)25-18(2)33-19(3)41-25/h8-9,14-17,22,39H,6-7,10-13H2,1-5H3,(H,30,34,35). The summed E-state index contributed by atoms with van der Waals surface area (Å²) in [7, 11) is 0. The van der Waals surface area contributed by atoms with E-state index in [9.17, 15) is 9.90 Å². The number of thiazole rings is 2. The molecule has 0 aliphatic carbocycles. The highest BCUT2D eigenvalue weighted by Gasteiger charge is 2.29. The molecule has 5 rings (SSSR count). The Kier molecular flexibility index (Phi) is 8.62. The lowest BCUT2D eigenvalue weighted by molar-refractivity contribution is 0.0680. The highest BCUT2D eigenvalue weighted by molar-refractivity contribution is 7.16. The average Bonchev–Trinajstić information content (AvgIpc) is 3.47. The number of carbonyl (C=O) groups is 1. The Morgan fingerprint density at radius 3 is 2.51 bits per heavy atom. The van der Waals surface area contributed by atoms with Crippen LogP contribution in [0.25, 0.3) is 10.6 Å². The first-order chi connectivity index (χ1) is 19.6. The number of aliphatic hydroxyl groups is 1. The van der Waals surface area contributed by atoms with Crippen LogP contribution in [0.1, 0.15) is 66.7 Å². The van der Waals surface area contributed by atoms with E-state index in [4.69, 9.17) is 4.98 Å². The molecule has 1 fully saturated rings. The van der Waals surface area contributed by atoms with Gasteiger partial charge < -0.3 is 20.2 Å². The second kappa shape index (κ2) is 12.2. The molecule has 1 aliphatic rings. The maximum absolute atomic E-state index is 13.7. The molecule has 0 saturated carbocycles. The summed E-state index contributed by atoms with van der Waals surface area (Å²) in [5.74, 6) is 1.24. The summed E-state index contributed by atoms with van der Waals surface area (Å²) in [5.41, 5.74) is 2.13. The van der Waals surface area contributed by atoms with Crippen molar-refractivity contribution in [1.29, 1.82) is 0 Å². The molecule has 0 spiro atoms. The Labute approximate surface area is 248 Å². The van der Waals surface area contributed by atoms with Gasteiger partial charge in [0.2, 0.25) is 5.95 Å². The SMILES string of the molecule is CCCC1CCN(c2ncc(C(C)(C)O)cn2)CCN1C(=O)c1ccc(Nc2nc(-c3sc(C)nc3C)cs2)nc1. The number of hydrogen-bond donors (Lipinski definition) is 2. The molecule has 12 heteroatoms. The summed E-state index contributed by atoms with van der Waals surface area (Å²) in [5, 5.41) is 17.3. The van der Waals surface area contributed by atoms with Gasteiger partial charge in [0.25, 0.3) is 5.91 Å². The van der Waals surface area contributed by atoms with Crippen LogP contribution < -0.4 is 10.2 Å². The number of aromatic nitrogens is 5. The quantitative estimate of drug-likeness (QED) is 0.271. The van der Waals surface area contributed by atoms with Crippen molar-refractivity contribution in [3.63, 3.8) is 0 Å². The van der Waals surface area contributed by atoms with E-state index in [0.717, 1.165) is 52.2 Å². The van der Waals surface area contributed by atoms with E-state index in [1.54, 1.807) is 43.8 Å². The van der Waals surface area contributed by atoms with E-state index >= 15 is 0 Å². The van der Waals surface area contributed by atoms with Crippen LogP contribution in [-0.4, -0.2) is 66.5 Å². The fraction of sp³-hybridized carbons (Fsp3) is 0.448. The van der Waals surface area contributed by atoms with Gasteiger partial charge in [-0.3, -0.25) is 4.79 Å². The molecule has 2 N–H and O–H groups in total. The van der Waals surface area contributed by atoms with E-state index in [1.807, 2.05) is 36.3 Å². The second-order valence-electron chi connectivity index (χ2n) is 10.8. The average molecular weight is 593 g/mol. The minimum Gasteiger partial charge on any atom is -0.386 e. The number of nitrogens with one attached hydrogen (secondary N) is 1. The molecule has 0 aromatic carbocycles. The molecule has 5 heterocycles. The van der Waals surface area contributed by atoms with E-state index in [1.165, 1.54) is 11.3 Å². The highest BCUT2D eigenvalue weighted by atomic mass is 32.1. The summed E-state index contributed by atoms with van der Waals surface area (Å²) in [4.78, 5) is 41.6. The maximum atomic E-state index is 13.7. The first kappa shape index (κ1) is 29.0. The minimum absolute atomic E-state index is 0.0183. The number of hydrogen-bond acceptors (Lipinski definition) is 11. The Morgan fingerprint density at radius 1 is 1.10 bits per heavy atom. The lowest BCUT2D eigenvalue weighted by atomic mass is 10.0. The molecule has 216 valence electrons. The number of pyridine rings is 1. The van der Waals surface area contributed by atoms with Crippen LogP contribution in [0.5, 0.6) is 0 Å².